The van der Waals surface area contributed by atoms with Gasteiger partial charge in [0.1, 0.15) is 6.04 Å². The van der Waals surface area contributed by atoms with Crippen molar-refractivity contribution in [1.29, 1.82) is 0 Å². The summed E-state index contributed by atoms with van der Waals surface area (Å²) in [6, 6.07) is 20.5. The number of carbonyl (C=O) groups is 2. The third-order valence-corrected chi connectivity index (χ3v) is 6.89. The summed E-state index contributed by atoms with van der Waals surface area (Å²) in [6.07, 6.45) is 3.82. The average Bonchev–Trinajstić information content (AvgIpc) is 3.37. The summed E-state index contributed by atoms with van der Waals surface area (Å²) in [7, 11) is 4.98. The normalized spacial score (nSPS) is 11.7. The summed E-state index contributed by atoms with van der Waals surface area (Å²) in [5, 5.41) is 4.05. The summed E-state index contributed by atoms with van der Waals surface area (Å²) in [6.45, 7) is 2.56. The lowest BCUT2D eigenvalue weighted by molar-refractivity contribution is -0.131. The van der Waals surface area contributed by atoms with Crippen molar-refractivity contribution in [3.8, 4) is 11.5 Å². The van der Waals surface area contributed by atoms with E-state index in [1.165, 1.54) is 0 Å². The van der Waals surface area contributed by atoms with E-state index in [1.807, 2.05) is 72.9 Å². The van der Waals surface area contributed by atoms with Gasteiger partial charge in [0.05, 0.1) is 14.2 Å². The Morgan fingerprint density at radius 1 is 0.947 bits per heavy atom. The van der Waals surface area contributed by atoms with Crippen LogP contribution in [0.5, 0.6) is 11.5 Å². The minimum atomic E-state index is -0.719. The van der Waals surface area contributed by atoms with Gasteiger partial charge in [0.15, 0.2) is 11.5 Å². The van der Waals surface area contributed by atoms with E-state index in [2.05, 4.69) is 17.2 Å². The van der Waals surface area contributed by atoms with E-state index in [4.69, 9.17) is 9.47 Å². The molecule has 0 bridgehead atoms. The molecule has 0 aliphatic carbocycles. The number of aryl methyl sites for hydroxylation is 1. The molecule has 2 N–H and O–H groups in total. The highest BCUT2D eigenvalue weighted by Crippen LogP contribution is 2.28. The number of benzene rings is 3. The molecule has 0 aliphatic rings. The Bertz CT molecular complexity index is 1390. The molecule has 1 aromatic heterocycles. The highest BCUT2D eigenvalue weighted by molar-refractivity contribution is 5.98. The number of hydrogen-bond donors (Lipinski definition) is 2. The van der Waals surface area contributed by atoms with E-state index in [0.717, 1.165) is 34.0 Å². The maximum Gasteiger partial charge on any atom is 0.251 e. The zero-order valence-corrected chi connectivity index (χ0v) is 22.4. The Hall–Kier alpha value is -4.26. The molecule has 1 unspecified atom stereocenters. The summed E-state index contributed by atoms with van der Waals surface area (Å²) in [5.41, 5.74) is 4.69. The van der Waals surface area contributed by atoms with Crippen LogP contribution in [-0.2, 0) is 24.1 Å². The molecule has 1 atom stereocenters. The number of H-pyrrole nitrogens is 1. The van der Waals surface area contributed by atoms with Gasteiger partial charge in [-0.2, -0.15) is 0 Å². The standard InChI is InChI=1S/C31H35N3O4/c1-5-21-10-13-23(14-11-21)30(35)33-27(19-24-20-32-26-9-7-6-8-25(24)26)31(36)34(2)17-16-22-12-15-28(37-3)29(18-22)38-4/h6-15,18,20,27,32H,5,16-17,19H2,1-4H3,(H,33,35). The summed E-state index contributed by atoms with van der Waals surface area (Å²) in [4.78, 5) is 31.8. The van der Waals surface area contributed by atoms with Gasteiger partial charge in [-0.25, -0.2) is 0 Å². The molecule has 0 aliphatic heterocycles. The number of amides is 2. The Morgan fingerprint density at radius 2 is 1.66 bits per heavy atom. The zero-order chi connectivity index (χ0) is 27.1. The van der Waals surface area contributed by atoms with Gasteiger partial charge in [0.2, 0.25) is 5.91 Å². The molecule has 0 saturated heterocycles. The number of hydrogen-bond acceptors (Lipinski definition) is 4. The number of carbonyl (C=O) groups excluding carboxylic acids is 2. The number of aromatic amines is 1. The van der Waals surface area contributed by atoms with Gasteiger partial charge in [-0.3, -0.25) is 9.59 Å². The fraction of sp³-hybridized carbons (Fsp3) is 0.290. The molecule has 198 valence electrons. The van der Waals surface area contributed by atoms with Gasteiger partial charge >= 0.3 is 0 Å². The number of para-hydroxylation sites is 1. The third kappa shape index (κ3) is 6.17. The quantitative estimate of drug-likeness (QED) is 0.302. The smallest absolute Gasteiger partial charge is 0.251 e. The minimum Gasteiger partial charge on any atom is -0.493 e. The molecule has 4 aromatic rings. The number of nitrogens with zero attached hydrogens (tertiary/aromatic N) is 1. The molecule has 1 heterocycles. The second kappa shape index (κ2) is 12.3. The number of likely N-dealkylation sites (N-methyl/N-ethyl adjacent to an activating group) is 1. The van der Waals surface area contributed by atoms with Crippen LogP contribution in [0.15, 0.2) is 72.9 Å². The molecule has 2 amide bonds. The first-order chi connectivity index (χ1) is 18.4. The largest absolute Gasteiger partial charge is 0.493 e. The van der Waals surface area contributed by atoms with Crippen LogP contribution in [0.25, 0.3) is 10.9 Å². The van der Waals surface area contributed by atoms with Crippen LogP contribution in [0.4, 0.5) is 0 Å². The SMILES string of the molecule is CCc1ccc(C(=O)NC(Cc2c[nH]c3ccccc23)C(=O)N(C)CCc2ccc(OC)c(OC)c2)cc1. The number of rotatable bonds is 11. The molecular weight excluding hydrogens is 478 g/mol. The number of aromatic nitrogens is 1. The van der Waals surface area contributed by atoms with Crippen molar-refractivity contribution < 1.29 is 19.1 Å². The van der Waals surface area contributed by atoms with Crippen LogP contribution in [0, 0.1) is 0 Å². The summed E-state index contributed by atoms with van der Waals surface area (Å²) in [5.74, 6) is 0.903. The lowest BCUT2D eigenvalue weighted by Gasteiger charge is -2.25. The van der Waals surface area contributed by atoms with Crippen LogP contribution in [0.3, 0.4) is 0 Å². The van der Waals surface area contributed by atoms with Gasteiger partial charge in [-0.15, -0.1) is 0 Å². The molecular formula is C31H35N3O4. The van der Waals surface area contributed by atoms with E-state index in [0.29, 0.717) is 36.4 Å². The first-order valence-electron chi connectivity index (χ1n) is 12.8. The highest BCUT2D eigenvalue weighted by atomic mass is 16.5. The fourth-order valence-electron chi connectivity index (χ4n) is 4.56. The van der Waals surface area contributed by atoms with Crippen molar-refractivity contribution in [2.75, 3.05) is 27.8 Å². The topological polar surface area (TPSA) is 83.7 Å². The number of nitrogens with one attached hydrogen (secondary N) is 2. The fourth-order valence-corrected chi connectivity index (χ4v) is 4.56. The van der Waals surface area contributed by atoms with Crippen molar-refractivity contribution in [1.82, 2.24) is 15.2 Å². The van der Waals surface area contributed by atoms with E-state index < -0.39 is 6.04 Å². The van der Waals surface area contributed by atoms with Crippen LogP contribution < -0.4 is 14.8 Å². The van der Waals surface area contributed by atoms with Gasteiger partial charge in [-0.1, -0.05) is 43.3 Å². The molecule has 3 aromatic carbocycles. The third-order valence-electron chi connectivity index (χ3n) is 6.89. The van der Waals surface area contributed by atoms with Crippen LogP contribution in [-0.4, -0.2) is 55.6 Å². The Kier molecular flexibility index (Phi) is 8.69. The van der Waals surface area contributed by atoms with Crippen LogP contribution in [0.1, 0.15) is 34.0 Å². The first-order valence-corrected chi connectivity index (χ1v) is 12.8. The highest BCUT2D eigenvalue weighted by Gasteiger charge is 2.26. The van der Waals surface area contributed by atoms with Crippen molar-refractivity contribution in [2.24, 2.45) is 0 Å². The van der Waals surface area contributed by atoms with E-state index >= 15 is 0 Å². The molecule has 0 fully saturated rings. The molecule has 4 rings (SSSR count). The Labute approximate surface area is 223 Å². The Morgan fingerprint density at radius 3 is 2.37 bits per heavy atom. The second-order valence-corrected chi connectivity index (χ2v) is 9.34. The molecule has 0 spiro atoms. The van der Waals surface area contributed by atoms with E-state index in [9.17, 15) is 9.59 Å². The maximum absolute atomic E-state index is 13.7. The van der Waals surface area contributed by atoms with Gasteiger partial charge in [0, 0.05) is 42.7 Å². The van der Waals surface area contributed by atoms with Crippen molar-refractivity contribution in [3.63, 3.8) is 0 Å². The van der Waals surface area contributed by atoms with Gasteiger partial charge in [-0.05, 0) is 59.9 Å². The second-order valence-electron chi connectivity index (χ2n) is 9.34. The van der Waals surface area contributed by atoms with Crippen molar-refractivity contribution in [2.45, 2.75) is 32.2 Å². The molecule has 38 heavy (non-hydrogen) atoms. The van der Waals surface area contributed by atoms with Crippen molar-refractivity contribution >= 4 is 22.7 Å². The molecule has 7 nitrogen and oxygen atoms in total. The van der Waals surface area contributed by atoms with E-state index in [1.54, 1.807) is 26.2 Å². The van der Waals surface area contributed by atoms with Gasteiger partial charge in [0.25, 0.3) is 5.91 Å². The Balaban J connectivity index is 1.52. The molecule has 0 saturated carbocycles. The predicted molar refractivity (Wildman–Crippen MR) is 150 cm³/mol. The lowest BCUT2D eigenvalue weighted by atomic mass is 10.0. The molecule has 7 heteroatoms. The van der Waals surface area contributed by atoms with E-state index in [-0.39, 0.29) is 11.8 Å². The monoisotopic (exact) mass is 513 g/mol. The number of ether oxygens (including phenoxy) is 2. The maximum atomic E-state index is 13.7. The summed E-state index contributed by atoms with van der Waals surface area (Å²) < 4.78 is 10.7. The first kappa shape index (κ1) is 26.8. The zero-order valence-electron chi connectivity index (χ0n) is 22.4. The van der Waals surface area contributed by atoms with Crippen LogP contribution in [0.2, 0.25) is 0 Å². The average molecular weight is 514 g/mol. The minimum absolute atomic E-state index is 0.144. The van der Waals surface area contributed by atoms with Crippen LogP contribution >= 0.6 is 0 Å². The molecule has 0 radical (unpaired) electrons. The number of methoxy groups -OCH3 is 2. The predicted octanol–water partition coefficient (Wildman–Crippen LogP) is 4.79. The number of fused-ring (bicyclic) bond motifs is 1. The lowest BCUT2D eigenvalue weighted by Crippen LogP contribution is -2.49. The van der Waals surface area contributed by atoms with Crippen molar-refractivity contribution in [3.05, 3.63) is 95.2 Å². The van der Waals surface area contributed by atoms with Gasteiger partial charge < -0.3 is 24.7 Å². The summed E-state index contributed by atoms with van der Waals surface area (Å²) >= 11 is 0.